The number of aliphatic imine (C=N–C) groups is 1. The lowest BCUT2D eigenvalue weighted by Gasteiger charge is -2.35. The van der Waals surface area contributed by atoms with E-state index in [0.717, 1.165) is 18.4 Å². The second-order valence-corrected chi connectivity index (χ2v) is 9.77. The van der Waals surface area contributed by atoms with Crippen molar-refractivity contribution in [2.24, 2.45) is 12.0 Å². The molecule has 29 heavy (non-hydrogen) atoms. The van der Waals surface area contributed by atoms with Gasteiger partial charge in [-0.2, -0.15) is 5.10 Å². The first kappa shape index (κ1) is 18.3. The number of sulfonamides is 1. The Kier molecular flexibility index (Phi) is 3.88. The number of nitrogens with zero attached hydrogens (tertiary/aromatic N) is 5. The zero-order valence-corrected chi connectivity index (χ0v) is 17.1. The van der Waals surface area contributed by atoms with Gasteiger partial charge in [0.25, 0.3) is 5.91 Å². The van der Waals surface area contributed by atoms with Gasteiger partial charge in [-0.05, 0) is 38.0 Å². The van der Waals surface area contributed by atoms with Crippen molar-refractivity contribution in [2.45, 2.75) is 36.7 Å². The molecule has 1 aliphatic carbocycles. The highest BCUT2D eigenvalue weighted by molar-refractivity contribution is 7.89. The van der Waals surface area contributed by atoms with Crippen LogP contribution < -0.4 is 9.62 Å². The van der Waals surface area contributed by atoms with E-state index >= 15 is 0 Å². The first-order chi connectivity index (χ1) is 13.8. The lowest BCUT2D eigenvalue weighted by Crippen LogP contribution is -2.49. The number of nitrogens with one attached hydrogen (secondary N) is 1. The molecule has 1 saturated carbocycles. The molecule has 0 saturated heterocycles. The van der Waals surface area contributed by atoms with Crippen LogP contribution in [0.15, 0.2) is 40.5 Å². The SMILES string of the molecule is Cn1cc(CN2C(=O)c3cc(S(=O)(=O)NC4(C)CC4)ccc3N3CCN=C23)cn1. The van der Waals surface area contributed by atoms with E-state index < -0.39 is 10.0 Å². The highest BCUT2D eigenvalue weighted by atomic mass is 32.2. The number of fused-ring (bicyclic) bond motifs is 3. The zero-order chi connectivity index (χ0) is 20.4. The minimum absolute atomic E-state index is 0.110. The van der Waals surface area contributed by atoms with Crippen LogP contribution in [0.5, 0.6) is 0 Å². The van der Waals surface area contributed by atoms with Crippen LogP contribution in [-0.2, 0) is 23.6 Å². The molecule has 3 heterocycles. The van der Waals surface area contributed by atoms with Crippen molar-refractivity contribution >= 4 is 27.6 Å². The Balaban J connectivity index is 1.53. The van der Waals surface area contributed by atoms with Crippen molar-refractivity contribution < 1.29 is 13.2 Å². The smallest absolute Gasteiger partial charge is 0.263 e. The van der Waals surface area contributed by atoms with Crippen molar-refractivity contribution in [3.63, 3.8) is 0 Å². The second kappa shape index (κ2) is 6.14. The number of anilines is 1. The van der Waals surface area contributed by atoms with Crippen LogP contribution in [0.4, 0.5) is 5.69 Å². The molecule has 1 aromatic heterocycles. The number of carbonyl (C=O) groups is 1. The summed E-state index contributed by atoms with van der Waals surface area (Å²) in [7, 11) is -1.87. The Morgan fingerprint density at radius 3 is 2.76 bits per heavy atom. The number of hydrogen-bond donors (Lipinski definition) is 1. The molecule has 2 aliphatic heterocycles. The Morgan fingerprint density at radius 1 is 1.28 bits per heavy atom. The van der Waals surface area contributed by atoms with Crippen molar-refractivity contribution in [1.82, 2.24) is 19.4 Å². The molecule has 0 unspecified atom stereocenters. The normalized spacial score (nSPS) is 19.8. The van der Waals surface area contributed by atoms with Gasteiger partial charge in [0.2, 0.25) is 16.0 Å². The summed E-state index contributed by atoms with van der Waals surface area (Å²) in [5, 5.41) is 4.16. The van der Waals surface area contributed by atoms with Crippen LogP contribution in [0.3, 0.4) is 0 Å². The molecule has 2 aromatic rings. The van der Waals surface area contributed by atoms with Crippen LogP contribution in [0.25, 0.3) is 0 Å². The van der Waals surface area contributed by atoms with Crippen molar-refractivity contribution in [3.8, 4) is 0 Å². The molecule has 10 heteroatoms. The first-order valence-electron chi connectivity index (χ1n) is 9.55. The van der Waals surface area contributed by atoms with Crippen LogP contribution in [0, 0.1) is 0 Å². The highest BCUT2D eigenvalue weighted by Gasteiger charge is 2.42. The molecule has 1 N–H and O–H groups in total. The molecule has 0 spiro atoms. The van der Waals surface area contributed by atoms with Gasteiger partial charge >= 0.3 is 0 Å². The summed E-state index contributed by atoms with van der Waals surface area (Å²) in [5.74, 6) is 0.348. The number of hydrogen-bond acceptors (Lipinski definition) is 6. The van der Waals surface area contributed by atoms with E-state index in [1.807, 2.05) is 25.1 Å². The molecule has 1 aromatic carbocycles. The monoisotopic (exact) mass is 414 g/mol. The van der Waals surface area contributed by atoms with Gasteiger partial charge in [0.05, 0.1) is 35.4 Å². The number of guanidine groups is 1. The molecular formula is C19H22N6O3S. The van der Waals surface area contributed by atoms with Crippen LogP contribution in [-0.4, -0.2) is 53.6 Å². The predicted molar refractivity (Wildman–Crippen MR) is 107 cm³/mol. The van der Waals surface area contributed by atoms with E-state index in [2.05, 4.69) is 14.8 Å². The predicted octanol–water partition coefficient (Wildman–Crippen LogP) is 1.08. The van der Waals surface area contributed by atoms with E-state index in [0.29, 0.717) is 36.8 Å². The number of rotatable bonds is 5. The Labute approximate surface area is 169 Å². The summed E-state index contributed by atoms with van der Waals surface area (Å²) in [4.78, 5) is 21.5. The van der Waals surface area contributed by atoms with Gasteiger partial charge in [0, 0.05) is 30.9 Å². The lowest BCUT2D eigenvalue weighted by atomic mass is 10.1. The lowest BCUT2D eigenvalue weighted by molar-refractivity contribution is 0.0833. The average molecular weight is 414 g/mol. The molecule has 1 amide bonds. The van der Waals surface area contributed by atoms with E-state index in [9.17, 15) is 13.2 Å². The second-order valence-electron chi connectivity index (χ2n) is 8.09. The highest BCUT2D eigenvalue weighted by Crippen LogP contribution is 2.37. The molecule has 0 atom stereocenters. The maximum atomic E-state index is 13.3. The van der Waals surface area contributed by atoms with Gasteiger partial charge in [-0.15, -0.1) is 0 Å². The maximum absolute atomic E-state index is 13.3. The van der Waals surface area contributed by atoms with E-state index in [4.69, 9.17) is 0 Å². The summed E-state index contributed by atoms with van der Waals surface area (Å²) in [6.07, 6.45) is 5.21. The largest absolute Gasteiger partial charge is 0.310 e. The first-order valence-corrected chi connectivity index (χ1v) is 11.0. The third-order valence-electron chi connectivity index (χ3n) is 5.58. The van der Waals surface area contributed by atoms with Gasteiger partial charge < -0.3 is 4.90 Å². The number of amides is 1. The van der Waals surface area contributed by atoms with E-state index in [1.165, 1.54) is 6.07 Å². The fourth-order valence-corrected chi connectivity index (χ4v) is 5.26. The number of benzene rings is 1. The molecule has 3 aliphatic rings. The van der Waals surface area contributed by atoms with Gasteiger partial charge in [-0.1, -0.05) is 0 Å². The molecule has 0 bridgehead atoms. The van der Waals surface area contributed by atoms with Gasteiger partial charge in [0.15, 0.2) is 0 Å². The van der Waals surface area contributed by atoms with Crippen LogP contribution in [0.2, 0.25) is 0 Å². The summed E-state index contributed by atoms with van der Waals surface area (Å²) in [6, 6.07) is 4.75. The maximum Gasteiger partial charge on any atom is 0.263 e. The number of aryl methyl sites for hydroxylation is 1. The third kappa shape index (κ3) is 3.12. The van der Waals surface area contributed by atoms with E-state index in [1.54, 1.807) is 27.9 Å². The zero-order valence-electron chi connectivity index (χ0n) is 16.3. The van der Waals surface area contributed by atoms with E-state index in [-0.39, 0.29) is 16.3 Å². The molecule has 0 radical (unpaired) electrons. The molecular weight excluding hydrogens is 392 g/mol. The minimum Gasteiger partial charge on any atom is -0.310 e. The summed E-state index contributed by atoms with van der Waals surface area (Å²) >= 11 is 0. The quantitative estimate of drug-likeness (QED) is 0.789. The fraction of sp³-hybridized carbons (Fsp3) is 0.421. The van der Waals surface area contributed by atoms with Gasteiger partial charge in [-0.25, -0.2) is 13.1 Å². The molecule has 1 fully saturated rings. The summed E-state index contributed by atoms with van der Waals surface area (Å²) < 4.78 is 30.0. The van der Waals surface area contributed by atoms with Gasteiger partial charge in [0.1, 0.15) is 0 Å². The average Bonchev–Trinajstić information content (AvgIpc) is 3.07. The van der Waals surface area contributed by atoms with Crippen molar-refractivity contribution in [2.75, 3.05) is 18.0 Å². The Morgan fingerprint density at radius 2 is 2.07 bits per heavy atom. The molecule has 5 rings (SSSR count). The summed E-state index contributed by atoms with van der Waals surface area (Å²) in [5.41, 5.74) is 1.58. The fourth-order valence-electron chi connectivity index (χ4n) is 3.77. The van der Waals surface area contributed by atoms with Crippen molar-refractivity contribution in [3.05, 3.63) is 41.7 Å². The Hall–Kier alpha value is -2.72. The molecule has 9 nitrogen and oxygen atoms in total. The number of aromatic nitrogens is 2. The minimum atomic E-state index is -3.69. The van der Waals surface area contributed by atoms with Gasteiger partial charge in [-0.3, -0.25) is 19.4 Å². The standard InChI is InChI=1S/C19H22N6O3S/c1-19(5-6-19)22-29(27,28)14-3-4-16-15(9-14)17(26)25(18-20-7-8-24(16)18)12-13-10-21-23(2)11-13/h3-4,9-11,22H,5-8,12H2,1-2H3. The summed E-state index contributed by atoms with van der Waals surface area (Å²) in [6.45, 7) is 3.46. The molecule has 152 valence electrons. The van der Waals surface area contributed by atoms with Crippen molar-refractivity contribution in [1.29, 1.82) is 0 Å². The van der Waals surface area contributed by atoms with Crippen LogP contribution >= 0.6 is 0 Å². The number of carbonyl (C=O) groups excluding carboxylic acids is 1. The third-order valence-corrected chi connectivity index (χ3v) is 7.22. The topological polar surface area (TPSA) is 99.9 Å². The van der Waals surface area contributed by atoms with Crippen LogP contribution in [0.1, 0.15) is 35.7 Å². The Bertz CT molecular complexity index is 1150.